The Kier molecular flexibility index (Phi) is 43.4. The van der Waals surface area contributed by atoms with E-state index in [1.807, 2.05) is 0 Å². The number of rotatable bonds is 46. The van der Waals surface area contributed by atoms with Gasteiger partial charge < -0.3 is 25.2 Å². The van der Waals surface area contributed by atoms with E-state index in [9.17, 15) is 19.0 Å². The van der Waals surface area contributed by atoms with E-state index in [1.54, 1.807) is 0 Å². The van der Waals surface area contributed by atoms with Crippen LogP contribution >= 0.6 is 7.82 Å². The van der Waals surface area contributed by atoms with E-state index in [4.69, 9.17) is 29.4 Å². The molecule has 0 heterocycles. The minimum Gasteiger partial charge on any atom is -0.480 e. The highest BCUT2D eigenvalue weighted by molar-refractivity contribution is 7.47. The SMILES string of the molecule is CC/C=C\C/C=C\C/C=C\C/C=C\CCCCCCCOCC(COP(=O)(O)OCC(N)C(=O)O)OC(=O)CCCCCCCCCCCCCCCCCCCCCC. The molecule has 3 unspecified atom stereocenters. The Morgan fingerprint density at radius 2 is 0.967 bits per heavy atom. The number of phosphoric acid groups is 1. The van der Waals surface area contributed by atoms with Gasteiger partial charge in [-0.2, -0.15) is 0 Å². The maximum Gasteiger partial charge on any atom is 0.472 e. The van der Waals surface area contributed by atoms with E-state index >= 15 is 0 Å². The molecule has 4 N–H and O–H groups in total. The zero-order valence-corrected chi connectivity index (χ0v) is 39.2. The fourth-order valence-corrected chi connectivity index (χ4v) is 7.43. The van der Waals surface area contributed by atoms with Crippen molar-refractivity contribution in [1.82, 2.24) is 0 Å². The van der Waals surface area contributed by atoms with Gasteiger partial charge in [0.15, 0.2) is 0 Å². The Morgan fingerprint density at radius 3 is 1.45 bits per heavy atom. The lowest BCUT2D eigenvalue weighted by atomic mass is 10.0. The van der Waals surface area contributed by atoms with E-state index in [1.165, 1.54) is 109 Å². The van der Waals surface area contributed by atoms with Gasteiger partial charge in [-0.25, -0.2) is 4.57 Å². The number of allylic oxidation sites excluding steroid dienone is 8. The molecular weight excluding hydrogens is 778 g/mol. The van der Waals surface area contributed by atoms with Gasteiger partial charge in [0.1, 0.15) is 12.1 Å². The van der Waals surface area contributed by atoms with Gasteiger partial charge in [0.25, 0.3) is 0 Å². The van der Waals surface area contributed by atoms with Crippen molar-refractivity contribution >= 4 is 19.8 Å². The second-order valence-corrected chi connectivity index (χ2v) is 17.7. The summed E-state index contributed by atoms with van der Waals surface area (Å²) in [4.78, 5) is 33.6. The number of hydrogen-bond donors (Lipinski definition) is 3. The summed E-state index contributed by atoms with van der Waals surface area (Å²) in [5.74, 6) is -1.78. The molecule has 0 aromatic carbocycles. The zero-order chi connectivity index (χ0) is 44.0. The van der Waals surface area contributed by atoms with Crippen LogP contribution in [0.25, 0.3) is 0 Å². The van der Waals surface area contributed by atoms with Crippen molar-refractivity contribution < 1.29 is 42.7 Å². The van der Waals surface area contributed by atoms with Crippen molar-refractivity contribution in [2.45, 2.75) is 225 Å². The lowest BCUT2D eigenvalue weighted by molar-refractivity contribution is -0.154. The first-order chi connectivity index (χ1) is 29.2. The Morgan fingerprint density at radius 1 is 0.550 bits per heavy atom. The van der Waals surface area contributed by atoms with Crippen LogP contribution in [0.2, 0.25) is 0 Å². The van der Waals surface area contributed by atoms with Gasteiger partial charge in [-0.05, 0) is 51.4 Å². The maximum absolute atomic E-state index is 12.7. The molecule has 0 spiro atoms. The monoisotopic (exact) mass is 868 g/mol. The molecule has 10 nitrogen and oxygen atoms in total. The van der Waals surface area contributed by atoms with Crippen LogP contribution in [0, 0.1) is 0 Å². The molecule has 3 atom stereocenters. The number of carboxylic acid groups (broad SMARTS) is 1. The molecule has 0 aromatic heterocycles. The van der Waals surface area contributed by atoms with Crippen molar-refractivity contribution in [2.75, 3.05) is 26.4 Å². The summed E-state index contributed by atoms with van der Waals surface area (Å²) < 4.78 is 33.4. The number of ether oxygens (including phenoxy) is 2. The van der Waals surface area contributed by atoms with E-state index in [0.29, 0.717) is 13.0 Å². The third-order valence-corrected chi connectivity index (χ3v) is 11.3. The lowest BCUT2D eigenvalue weighted by Crippen LogP contribution is -2.34. The highest BCUT2D eigenvalue weighted by Gasteiger charge is 2.27. The third-order valence-electron chi connectivity index (χ3n) is 10.4. The molecule has 11 heteroatoms. The number of carboxylic acids is 1. The fourth-order valence-electron chi connectivity index (χ4n) is 6.65. The summed E-state index contributed by atoms with van der Waals surface area (Å²) in [7, 11) is -4.62. The largest absolute Gasteiger partial charge is 0.480 e. The second-order valence-electron chi connectivity index (χ2n) is 16.2. The van der Waals surface area contributed by atoms with Crippen LogP contribution in [0.4, 0.5) is 0 Å². The normalized spacial score (nSPS) is 14.2. The Hall–Kier alpha value is -2.07. The van der Waals surface area contributed by atoms with Crippen molar-refractivity contribution in [2.24, 2.45) is 5.73 Å². The molecule has 0 aliphatic heterocycles. The van der Waals surface area contributed by atoms with Gasteiger partial charge in [0.05, 0.1) is 19.8 Å². The Bertz CT molecular complexity index is 1140. The topological polar surface area (TPSA) is 155 Å². The average molecular weight is 868 g/mol. The molecule has 60 heavy (non-hydrogen) atoms. The summed E-state index contributed by atoms with van der Waals surface area (Å²) in [5, 5.41) is 8.92. The number of esters is 1. The molecule has 0 aliphatic rings. The number of hydrogen-bond acceptors (Lipinski definition) is 8. The summed E-state index contributed by atoms with van der Waals surface area (Å²) >= 11 is 0. The van der Waals surface area contributed by atoms with Gasteiger partial charge >= 0.3 is 19.8 Å². The van der Waals surface area contributed by atoms with Gasteiger partial charge in [-0.15, -0.1) is 0 Å². The van der Waals surface area contributed by atoms with Gasteiger partial charge in [0.2, 0.25) is 0 Å². The molecule has 0 fully saturated rings. The maximum atomic E-state index is 12.7. The predicted octanol–water partition coefficient (Wildman–Crippen LogP) is 13.8. The molecule has 0 saturated carbocycles. The van der Waals surface area contributed by atoms with Crippen molar-refractivity contribution in [3.05, 3.63) is 48.6 Å². The number of phosphoric ester groups is 1. The number of carbonyl (C=O) groups is 2. The van der Waals surface area contributed by atoms with E-state index in [-0.39, 0.29) is 13.0 Å². The first-order valence-electron chi connectivity index (χ1n) is 24.2. The summed E-state index contributed by atoms with van der Waals surface area (Å²) in [6.07, 6.45) is 53.1. The summed E-state index contributed by atoms with van der Waals surface area (Å²) in [5.41, 5.74) is 5.37. The highest BCUT2D eigenvalue weighted by atomic mass is 31.2. The van der Waals surface area contributed by atoms with Crippen LogP contribution in [-0.4, -0.2) is 60.5 Å². The molecule has 350 valence electrons. The van der Waals surface area contributed by atoms with Crippen LogP contribution in [0.3, 0.4) is 0 Å². The summed E-state index contributed by atoms with van der Waals surface area (Å²) in [6, 6.07) is -1.48. The third kappa shape index (κ3) is 44.0. The van der Waals surface area contributed by atoms with Crippen LogP contribution in [0.1, 0.15) is 213 Å². The van der Waals surface area contributed by atoms with Gasteiger partial charge in [-0.1, -0.05) is 204 Å². The first kappa shape index (κ1) is 57.9. The van der Waals surface area contributed by atoms with E-state index in [0.717, 1.165) is 77.0 Å². The molecule has 0 aromatic rings. The number of nitrogens with two attached hydrogens (primary N) is 1. The predicted molar refractivity (Wildman–Crippen MR) is 249 cm³/mol. The van der Waals surface area contributed by atoms with Crippen molar-refractivity contribution in [3.63, 3.8) is 0 Å². The molecular formula is C49H90NO9P. The number of aliphatic carboxylic acids is 1. The smallest absolute Gasteiger partial charge is 0.472 e. The highest BCUT2D eigenvalue weighted by Crippen LogP contribution is 2.43. The standard InChI is InChI=1S/C49H90NO9P/c1-3-5-7-9-11-13-15-17-19-21-23-24-25-27-29-31-33-35-37-39-41-48(51)59-46(44-57-60(54,55)58-45-47(50)49(52)53)43-56-42-40-38-36-34-32-30-28-26-22-20-18-16-14-12-10-8-6-4-2/h6,8,12,14,18,20,26,28,46-47H,3-5,7,9-11,13,15-17,19,21-25,27,29-45,50H2,1-2H3,(H,52,53)(H,54,55)/b8-6-,14-12-,20-18-,28-26-. The lowest BCUT2D eigenvalue weighted by Gasteiger charge is -2.20. The van der Waals surface area contributed by atoms with Crippen LogP contribution in [0.5, 0.6) is 0 Å². The van der Waals surface area contributed by atoms with E-state index in [2.05, 4.69) is 62.5 Å². The molecule has 0 rings (SSSR count). The molecule has 0 saturated heterocycles. The average Bonchev–Trinajstić information content (AvgIpc) is 3.23. The molecule has 0 aliphatic carbocycles. The minimum absolute atomic E-state index is 0.00542. The van der Waals surface area contributed by atoms with Gasteiger partial charge in [0, 0.05) is 13.0 Å². The number of carbonyl (C=O) groups excluding carboxylic acids is 1. The fraction of sp³-hybridized carbons (Fsp3) is 0.796. The molecule has 0 amide bonds. The van der Waals surface area contributed by atoms with E-state index < -0.39 is 45.1 Å². The summed E-state index contributed by atoms with van der Waals surface area (Å²) in [6.45, 7) is 3.75. The van der Waals surface area contributed by atoms with Crippen LogP contribution in [-0.2, 0) is 32.7 Å². The van der Waals surface area contributed by atoms with Crippen LogP contribution < -0.4 is 5.73 Å². The first-order valence-corrected chi connectivity index (χ1v) is 25.7. The Labute approximate surface area is 367 Å². The van der Waals surface area contributed by atoms with Gasteiger partial charge in [-0.3, -0.25) is 18.6 Å². The quantitative estimate of drug-likeness (QED) is 0.0233. The van der Waals surface area contributed by atoms with Crippen molar-refractivity contribution in [1.29, 1.82) is 0 Å². The molecule has 0 radical (unpaired) electrons. The minimum atomic E-state index is -4.62. The zero-order valence-electron chi connectivity index (χ0n) is 38.3. The van der Waals surface area contributed by atoms with Crippen molar-refractivity contribution in [3.8, 4) is 0 Å². The Balaban J connectivity index is 4.19. The second kappa shape index (κ2) is 45.0. The number of unbranched alkanes of at least 4 members (excludes halogenated alkanes) is 24. The molecule has 0 bridgehead atoms. The van der Waals surface area contributed by atoms with Crippen LogP contribution in [0.15, 0.2) is 48.6 Å².